The van der Waals surface area contributed by atoms with Gasteiger partial charge >= 0.3 is 5.97 Å². The maximum atomic E-state index is 14.5. The highest BCUT2D eigenvalue weighted by Gasteiger charge is 2.25. The first-order chi connectivity index (χ1) is 23.6. The summed E-state index contributed by atoms with van der Waals surface area (Å²) < 4.78 is 14.7. The van der Waals surface area contributed by atoms with E-state index in [4.69, 9.17) is 14.5 Å². The first-order valence-electron chi connectivity index (χ1n) is 16.1. The number of fused-ring (bicyclic) bond motifs is 2. The van der Waals surface area contributed by atoms with Gasteiger partial charge in [0.15, 0.2) is 27.8 Å². The number of ether oxygens (including phenoxy) is 2. The van der Waals surface area contributed by atoms with E-state index in [0.29, 0.717) is 64.1 Å². The standard InChI is InChI=1S/C34H35N9O4S/c1-3-23(39-29-28-31(37-19-36-29)42(20-38-28)26-15-8-9-16-47-26)30-40-24-14-10-11-21(17-35-34-41-25(18-48-34)33(45)46-4-2)27(24)32(44)43(30)22-12-6-5-7-13-22/h5-7,10-14,18-20,23,26H,3-4,8-9,15-17H2,1-2H3,(H,35,41)(H,36,37,39)/t23-,26?/m0/s1. The smallest absolute Gasteiger partial charge is 0.357 e. The fourth-order valence-electron chi connectivity index (χ4n) is 5.97. The molecule has 4 aromatic heterocycles. The molecule has 0 aliphatic carbocycles. The third kappa shape index (κ3) is 6.11. The normalized spacial score (nSPS) is 15.4. The predicted octanol–water partition coefficient (Wildman–Crippen LogP) is 6.03. The quantitative estimate of drug-likeness (QED) is 0.156. The van der Waals surface area contributed by atoms with Crippen molar-refractivity contribution in [1.29, 1.82) is 0 Å². The minimum Gasteiger partial charge on any atom is -0.461 e. The lowest BCUT2D eigenvalue weighted by Crippen LogP contribution is -2.29. The molecule has 48 heavy (non-hydrogen) atoms. The Morgan fingerprint density at radius 3 is 2.75 bits per heavy atom. The van der Waals surface area contributed by atoms with Crippen molar-refractivity contribution >= 4 is 50.3 Å². The molecule has 0 bridgehead atoms. The highest BCUT2D eigenvalue weighted by molar-refractivity contribution is 7.13. The molecule has 0 saturated carbocycles. The van der Waals surface area contributed by atoms with Crippen LogP contribution in [0.4, 0.5) is 10.9 Å². The van der Waals surface area contributed by atoms with Crippen molar-refractivity contribution in [3.05, 3.63) is 94.0 Å². The van der Waals surface area contributed by atoms with Crippen molar-refractivity contribution in [2.45, 2.75) is 58.3 Å². The first kappa shape index (κ1) is 31.4. The van der Waals surface area contributed by atoms with Crippen LogP contribution in [0.15, 0.2) is 71.4 Å². The topological polar surface area (TPSA) is 151 Å². The molecule has 13 nitrogen and oxygen atoms in total. The van der Waals surface area contributed by atoms with E-state index in [1.54, 1.807) is 23.2 Å². The summed E-state index contributed by atoms with van der Waals surface area (Å²) in [5, 5.41) is 9.49. The van der Waals surface area contributed by atoms with E-state index in [1.165, 1.54) is 17.7 Å². The summed E-state index contributed by atoms with van der Waals surface area (Å²) in [5.41, 5.74) is 3.38. The van der Waals surface area contributed by atoms with E-state index in [9.17, 15) is 9.59 Å². The second-order valence-electron chi connectivity index (χ2n) is 11.3. The molecule has 1 aliphatic heterocycles. The van der Waals surface area contributed by atoms with Crippen molar-refractivity contribution in [3.8, 4) is 5.69 Å². The molecule has 1 saturated heterocycles. The van der Waals surface area contributed by atoms with E-state index in [0.717, 1.165) is 24.8 Å². The van der Waals surface area contributed by atoms with Gasteiger partial charge in [0.05, 0.1) is 35.6 Å². The van der Waals surface area contributed by atoms with Gasteiger partial charge in [-0.25, -0.2) is 29.7 Å². The molecule has 7 rings (SSSR count). The number of anilines is 2. The van der Waals surface area contributed by atoms with Gasteiger partial charge in [0, 0.05) is 18.5 Å². The van der Waals surface area contributed by atoms with Gasteiger partial charge in [-0.1, -0.05) is 37.3 Å². The Morgan fingerprint density at radius 1 is 1.08 bits per heavy atom. The second-order valence-corrected chi connectivity index (χ2v) is 12.2. The molecule has 14 heteroatoms. The fraction of sp³-hybridized carbons (Fsp3) is 0.324. The summed E-state index contributed by atoms with van der Waals surface area (Å²) >= 11 is 1.30. The van der Waals surface area contributed by atoms with Crippen LogP contribution in [0.2, 0.25) is 0 Å². The number of nitrogens with zero attached hydrogens (tertiary/aromatic N) is 7. The maximum absolute atomic E-state index is 14.5. The molecule has 5 heterocycles. The number of hydrogen-bond acceptors (Lipinski definition) is 12. The summed E-state index contributed by atoms with van der Waals surface area (Å²) in [4.78, 5) is 49.9. The van der Waals surface area contributed by atoms with Crippen molar-refractivity contribution in [3.63, 3.8) is 0 Å². The zero-order chi connectivity index (χ0) is 33.0. The molecule has 6 aromatic rings. The Morgan fingerprint density at radius 2 is 1.96 bits per heavy atom. The third-order valence-electron chi connectivity index (χ3n) is 8.30. The summed E-state index contributed by atoms with van der Waals surface area (Å²) in [6.45, 7) is 5.08. The summed E-state index contributed by atoms with van der Waals surface area (Å²) in [6.07, 6.45) is 6.81. The van der Waals surface area contributed by atoms with Crippen LogP contribution < -0.4 is 16.2 Å². The van der Waals surface area contributed by atoms with Gasteiger partial charge in [-0.15, -0.1) is 11.3 Å². The zero-order valence-electron chi connectivity index (χ0n) is 26.6. The summed E-state index contributed by atoms with van der Waals surface area (Å²) in [7, 11) is 0. The van der Waals surface area contributed by atoms with Crippen LogP contribution in [-0.4, -0.2) is 53.2 Å². The Balaban J connectivity index is 1.26. The van der Waals surface area contributed by atoms with Gasteiger partial charge in [-0.3, -0.25) is 13.9 Å². The van der Waals surface area contributed by atoms with Crippen molar-refractivity contribution in [2.24, 2.45) is 0 Å². The largest absolute Gasteiger partial charge is 0.461 e. The zero-order valence-corrected chi connectivity index (χ0v) is 27.4. The summed E-state index contributed by atoms with van der Waals surface area (Å²) in [5.74, 6) is 0.633. The van der Waals surface area contributed by atoms with Crippen LogP contribution >= 0.6 is 11.3 Å². The van der Waals surface area contributed by atoms with Gasteiger partial charge < -0.3 is 20.1 Å². The van der Waals surface area contributed by atoms with Gasteiger partial charge in [-0.05, 0) is 56.4 Å². The average molecular weight is 666 g/mol. The molecule has 1 aliphatic rings. The number of aromatic nitrogens is 7. The molecule has 2 N–H and O–H groups in total. The van der Waals surface area contributed by atoms with E-state index in [-0.39, 0.29) is 24.1 Å². The number of hydrogen-bond donors (Lipinski definition) is 2. The molecule has 0 amide bonds. The molecule has 246 valence electrons. The highest BCUT2D eigenvalue weighted by atomic mass is 32.1. The second kappa shape index (κ2) is 13.9. The van der Waals surface area contributed by atoms with Crippen LogP contribution in [0, 0.1) is 0 Å². The summed E-state index contributed by atoms with van der Waals surface area (Å²) in [6, 6.07) is 14.7. The lowest BCUT2D eigenvalue weighted by molar-refractivity contribution is -0.0298. The van der Waals surface area contributed by atoms with Gasteiger partial charge in [0.2, 0.25) is 0 Å². The SMILES string of the molecule is CCOC(=O)c1csc(NCc2cccc3nc([C@H](CC)Nc4ncnc5c4ncn5C4CCCCO4)n(-c4ccccc4)c(=O)c23)n1. The van der Waals surface area contributed by atoms with Crippen molar-refractivity contribution in [1.82, 2.24) is 34.1 Å². The predicted molar refractivity (Wildman–Crippen MR) is 184 cm³/mol. The molecule has 1 fully saturated rings. The number of rotatable bonds is 11. The fourth-order valence-corrected chi connectivity index (χ4v) is 6.65. The molecule has 0 spiro atoms. The molecule has 0 radical (unpaired) electrons. The van der Waals surface area contributed by atoms with E-state index < -0.39 is 12.0 Å². The number of nitrogens with one attached hydrogen (secondary N) is 2. The number of imidazole rings is 1. The Bertz CT molecular complexity index is 2120. The molecule has 2 atom stereocenters. The number of para-hydroxylation sites is 1. The van der Waals surface area contributed by atoms with Gasteiger partial charge in [0.1, 0.15) is 18.4 Å². The monoisotopic (exact) mass is 665 g/mol. The van der Waals surface area contributed by atoms with E-state index in [2.05, 4.69) is 30.6 Å². The first-order valence-corrected chi connectivity index (χ1v) is 17.0. The Hall–Kier alpha value is -5.21. The molecule has 1 unspecified atom stereocenters. The van der Waals surface area contributed by atoms with E-state index in [1.807, 2.05) is 60.0 Å². The number of benzene rings is 2. The number of thiazole rings is 1. The Labute approximate surface area is 280 Å². The number of carbonyl (C=O) groups is 1. The maximum Gasteiger partial charge on any atom is 0.357 e. The van der Waals surface area contributed by atoms with E-state index >= 15 is 0 Å². The van der Waals surface area contributed by atoms with Gasteiger partial charge in [-0.2, -0.15) is 0 Å². The number of carbonyl (C=O) groups excluding carboxylic acids is 1. The third-order valence-corrected chi connectivity index (χ3v) is 9.10. The minimum absolute atomic E-state index is 0.113. The molecule has 2 aromatic carbocycles. The molecular formula is C34H35N9O4S. The number of esters is 1. The van der Waals surface area contributed by atoms with Crippen LogP contribution in [0.5, 0.6) is 0 Å². The van der Waals surface area contributed by atoms with Gasteiger partial charge in [0.25, 0.3) is 5.56 Å². The van der Waals surface area contributed by atoms with Crippen LogP contribution in [0.25, 0.3) is 27.8 Å². The van der Waals surface area contributed by atoms with Crippen LogP contribution in [0.1, 0.15) is 73.7 Å². The van der Waals surface area contributed by atoms with Crippen molar-refractivity contribution in [2.75, 3.05) is 23.8 Å². The minimum atomic E-state index is -0.470. The average Bonchev–Trinajstić information content (AvgIpc) is 3.79. The van der Waals surface area contributed by atoms with Crippen molar-refractivity contribution < 1.29 is 14.3 Å². The lowest BCUT2D eigenvalue weighted by Gasteiger charge is -2.24. The Kier molecular flexibility index (Phi) is 9.07. The highest BCUT2D eigenvalue weighted by Crippen LogP contribution is 2.30. The molecular weight excluding hydrogens is 630 g/mol. The van der Waals surface area contributed by atoms with Crippen LogP contribution in [-0.2, 0) is 16.0 Å². The van der Waals surface area contributed by atoms with Crippen LogP contribution in [0.3, 0.4) is 0 Å². The lowest BCUT2D eigenvalue weighted by atomic mass is 10.1.